The van der Waals surface area contributed by atoms with Gasteiger partial charge < -0.3 is 5.32 Å². The van der Waals surface area contributed by atoms with E-state index in [9.17, 15) is 13.2 Å². The summed E-state index contributed by atoms with van der Waals surface area (Å²) in [6, 6.07) is 13.7. The van der Waals surface area contributed by atoms with Crippen molar-refractivity contribution in [3.05, 3.63) is 64.7 Å². The van der Waals surface area contributed by atoms with Crippen molar-refractivity contribution in [2.24, 2.45) is 11.8 Å². The molecule has 5 nitrogen and oxygen atoms in total. The molecule has 2 aromatic carbocycles. The molecule has 0 heterocycles. The van der Waals surface area contributed by atoms with Crippen molar-refractivity contribution in [2.75, 3.05) is 6.54 Å². The van der Waals surface area contributed by atoms with Gasteiger partial charge in [-0.1, -0.05) is 37.1 Å². The SMILES string of the molecule is CCN(Cc1ccc(C(=O)N[C@H]2C[C@H]3CC[C@H]2C3)cc1)S(=O)(=O)c1ccc(Cl)cc1. The normalized spacial score (nSPS) is 23.1. The van der Waals surface area contributed by atoms with Crippen LogP contribution in [0.25, 0.3) is 0 Å². The minimum absolute atomic E-state index is 0.0415. The molecule has 3 atom stereocenters. The maximum atomic E-state index is 12.9. The molecule has 2 fully saturated rings. The fourth-order valence-corrected chi connectivity index (χ4v) is 6.32. The van der Waals surface area contributed by atoms with E-state index in [1.165, 1.54) is 35.7 Å². The smallest absolute Gasteiger partial charge is 0.251 e. The molecule has 0 unspecified atom stereocenters. The number of hydrogen-bond donors (Lipinski definition) is 1. The van der Waals surface area contributed by atoms with Gasteiger partial charge in [0, 0.05) is 29.7 Å². The number of carbonyl (C=O) groups excluding carboxylic acids is 1. The molecule has 2 aromatic rings. The zero-order valence-corrected chi connectivity index (χ0v) is 18.6. The first-order valence-corrected chi connectivity index (χ1v) is 12.3. The lowest BCUT2D eigenvalue weighted by molar-refractivity contribution is 0.0923. The number of amides is 1. The molecular formula is C23H27ClN2O3S. The molecule has 7 heteroatoms. The number of sulfonamides is 1. The topological polar surface area (TPSA) is 66.5 Å². The summed E-state index contributed by atoms with van der Waals surface area (Å²) < 4.78 is 27.3. The van der Waals surface area contributed by atoms with Crippen LogP contribution in [-0.2, 0) is 16.6 Å². The first-order chi connectivity index (χ1) is 14.4. The Balaban J connectivity index is 1.41. The fraction of sp³-hybridized carbons (Fsp3) is 0.435. The Kier molecular flexibility index (Phi) is 6.19. The lowest BCUT2D eigenvalue weighted by atomic mass is 9.95. The van der Waals surface area contributed by atoms with Gasteiger partial charge in [0.25, 0.3) is 5.91 Å². The van der Waals surface area contributed by atoms with Crippen LogP contribution < -0.4 is 5.32 Å². The summed E-state index contributed by atoms with van der Waals surface area (Å²) in [5.41, 5.74) is 1.45. The van der Waals surface area contributed by atoms with Gasteiger partial charge >= 0.3 is 0 Å². The average Bonchev–Trinajstić information content (AvgIpc) is 3.36. The second-order valence-corrected chi connectivity index (χ2v) is 10.7. The molecule has 0 saturated heterocycles. The van der Waals surface area contributed by atoms with Gasteiger partial charge in [-0.2, -0.15) is 4.31 Å². The van der Waals surface area contributed by atoms with Crippen LogP contribution >= 0.6 is 11.6 Å². The van der Waals surface area contributed by atoms with Gasteiger partial charge in [-0.15, -0.1) is 0 Å². The lowest BCUT2D eigenvalue weighted by Crippen LogP contribution is -2.38. The van der Waals surface area contributed by atoms with E-state index >= 15 is 0 Å². The highest BCUT2D eigenvalue weighted by Gasteiger charge is 2.40. The third kappa shape index (κ3) is 4.41. The summed E-state index contributed by atoms with van der Waals surface area (Å²) in [7, 11) is -3.62. The van der Waals surface area contributed by atoms with E-state index in [-0.39, 0.29) is 17.3 Å². The number of rotatable bonds is 7. The minimum Gasteiger partial charge on any atom is -0.349 e. The van der Waals surface area contributed by atoms with Gasteiger partial charge in [0.1, 0.15) is 0 Å². The van der Waals surface area contributed by atoms with E-state index < -0.39 is 10.0 Å². The lowest BCUT2D eigenvalue weighted by Gasteiger charge is -2.23. The molecular weight excluding hydrogens is 420 g/mol. The molecule has 0 aromatic heterocycles. The molecule has 0 radical (unpaired) electrons. The molecule has 2 aliphatic rings. The number of hydrogen-bond acceptors (Lipinski definition) is 3. The predicted octanol–water partition coefficient (Wildman–Crippen LogP) is 4.47. The number of benzene rings is 2. The maximum absolute atomic E-state index is 12.9. The zero-order valence-electron chi connectivity index (χ0n) is 17.1. The van der Waals surface area contributed by atoms with Gasteiger partial charge in [0.05, 0.1) is 4.90 Å². The standard InChI is InChI=1S/C23H27ClN2O3S/c1-2-26(30(28,29)21-11-9-20(24)10-12-21)15-16-3-6-18(7-4-16)23(27)25-22-14-17-5-8-19(22)13-17/h3-4,6-7,9-12,17,19,22H,2,5,8,13-15H2,1H3,(H,25,27)/t17-,19-,22-/m0/s1. The molecule has 1 amide bonds. The second-order valence-electron chi connectivity index (χ2n) is 8.34. The highest BCUT2D eigenvalue weighted by molar-refractivity contribution is 7.89. The number of fused-ring (bicyclic) bond motifs is 2. The first-order valence-electron chi connectivity index (χ1n) is 10.5. The predicted molar refractivity (Wildman–Crippen MR) is 118 cm³/mol. The van der Waals surface area contributed by atoms with Crippen LogP contribution in [0.5, 0.6) is 0 Å². The van der Waals surface area contributed by atoms with Gasteiger partial charge in [0.15, 0.2) is 0 Å². The third-order valence-electron chi connectivity index (χ3n) is 6.43. The Morgan fingerprint density at radius 1 is 1.07 bits per heavy atom. The zero-order chi connectivity index (χ0) is 21.3. The van der Waals surface area contributed by atoms with Crippen LogP contribution in [0.2, 0.25) is 5.02 Å². The van der Waals surface area contributed by atoms with Crippen molar-refractivity contribution in [3.8, 4) is 0 Å². The van der Waals surface area contributed by atoms with Crippen molar-refractivity contribution in [3.63, 3.8) is 0 Å². The van der Waals surface area contributed by atoms with E-state index in [1.807, 2.05) is 19.1 Å². The van der Waals surface area contributed by atoms with Crippen LogP contribution in [0.15, 0.2) is 53.4 Å². The number of nitrogens with zero attached hydrogens (tertiary/aromatic N) is 1. The summed E-state index contributed by atoms with van der Waals surface area (Å²) in [5, 5.41) is 3.69. The molecule has 30 heavy (non-hydrogen) atoms. The molecule has 2 aliphatic carbocycles. The van der Waals surface area contributed by atoms with E-state index in [4.69, 9.17) is 11.6 Å². The van der Waals surface area contributed by atoms with Gasteiger partial charge in [-0.25, -0.2) is 8.42 Å². The largest absolute Gasteiger partial charge is 0.349 e. The van der Waals surface area contributed by atoms with Crippen molar-refractivity contribution in [1.82, 2.24) is 9.62 Å². The third-order valence-corrected chi connectivity index (χ3v) is 8.62. The molecule has 0 spiro atoms. The Bertz CT molecular complexity index is 1010. The Morgan fingerprint density at radius 2 is 1.77 bits per heavy atom. The second kappa shape index (κ2) is 8.69. The van der Waals surface area contributed by atoms with Crippen molar-refractivity contribution in [2.45, 2.75) is 50.1 Å². The number of halogens is 1. The Labute approximate surface area is 183 Å². The molecule has 160 valence electrons. The molecule has 0 aliphatic heterocycles. The van der Waals surface area contributed by atoms with E-state index in [1.54, 1.807) is 24.3 Å². The van der Waals surface area contributed by atoms with Crippen LogP contribution in [0.3, 0.4) is 0 Å². The van der Waals surface area contributed by atoms with Crippen LogP contribution in [0.4, 0.5) is 0 Å². The fourth-order valence-electron chi connectivity index (χ4n) is 4.76. The minimum atomic E-state index is -3.62. The number of carbonyl (C=O) groups is 1. The summed E-state index contributed by atoms with van der Waals surface area (Å²) in [5.74, 6) is 1.37. The van der Waals surface area contributed by atoms with Crippen molar-refractivity contribution in [1.29, 1.82) is 0 Å². The monoisotopic (exact) mass is 446 g/mol. The Hall–Kier alpha value is -1.89. The van der Waals surface area contributed by atoms with E-state index in [0.717, 1.165) is 17.9 Å². The molecule has 2 saturated carbocycles. The summed E-state index contributed by atoms with van der Waals surface area (Å²) >= 11 is 5.88. The molecule has 1 N–H and O–H groups in total. The van der Waals surface area contributed by atoms with Crippen molar-refractivity contribution >= 4 is 27.5 Å². The summed E-state index contributed by atoms with van der Waals surface area (Å²) in [6.07, 6.45) is 4.88. The van der Waals surface area contributed by atoms with Crippen LogP contribution in [-0.4, -0.2) is 31.2 Å². The summed E-state index contributed by atoms with van der Waals surface area (Å²) in [6.45, 7) is 2.40. The van der Waals surface area contributed by atoms with Crippen LogP contribution in [0.1, 0.15) is 48.5 Å². The quantitative estimate of drug-likeness (QED) is 0.682. The van der Waals surface area contributed by atoms with Gasteiger partial charge in [0.2, 0.25) is 10.0 Å². The van der Waals surface area contributed by atoms with Crippen molar-refractivity contribution < 1.29 is 13.2 Å². The molecule has 4 rings (SSSR count). The van der Waals surface area contributed by atoms with E-state index in [2.05, 4.69) is 5.32 Å². The summed E-state index contributed by atoms with van der Waals surface area (Å²) in [4.78, 5) is 12.8. The number of nitrogens with one attached hydrogen (secondary N) is 1. The van der Waals surface area contributed by atoms with E-state index in [0.29, 0.717) is 29.1 Å². The van der Waals surface area contributed by atoms with Gasteiger partial charge in [-0.05, 0) is 73.1 Å². The maximum Gasteiger partial charge on any atom is 0.251 e. The Morgan fingerprint density at radius 3 is 2.33 bits per heavy atom. The average molecular weight is 447 g/mol. The van der Waals surface area contributed by atoms with Crippen LogP contribution in [0, 0.1) is 11.8 Å². The highest BCUT2D eigenvalue weighted by Crippen LogP contribution is 2.44. The van der Waals surface area contributed by atoms with Gasteiger partial charge in [-0.3, -0.25) is 4.79 Å². The molecule has 2 bridgehead atoms. The first kappa shape index (κ1) is 21.3. The highest BCUT2D eigenvalue weighted by atomic mass is 35.5.